The molecule has 10 aromatic carbocycles. The van der Waals surface area contributed by atoms with Crippen LogP contribution in [0.4, 0.5) is 17.3 Å². The highest BCUT2D eigenvalue weighted by Crippen LogP contribution is 2.57. The number of nitrogens with zero attached hydrogens (tertiary/aromatic N) is 3. The molecule has 1 aromatic heterocycles. The number of hydrogen-bond acceptors (Lipinski definition) is 3. The molecule has 0 saturated carbocycles. The van der Waals surface area contributed by atoms with Gasteiger partial charge in [-0.25, -0.2) is 9.97 Å². The first-order chi connectivity index (χ1) is 32.7. The lowest BCUT2D eigenvalue weighted by atomic mass is 9.67. The third-order valence-electron chi connectivity index (χ3n) is 13.2. The molecule has 3 nitrogen and oxygen atoms in total. The van der Waals surface area contributed by atoms with Crippen LogP contribution in [0.5, 0.6) is 0 Å². The fourth-order valence-corrected chi connectivity index (χ4v) is 10.2. The Bertz CT molecular complexity index is 3460. The van der Waals surface area contributed by atoms with Crippen LogP contribution in [0.1, 0.15) is 22.3 Å². The summed E-state index contributed by atoms with van der Waals surface area (Å²) in [6.07, 6.45) is 0. The van der Waals surface area contributed by atoms with Gasteiger partial charge in [-0.3, -0.25) is 4.90 Å². The lowest BCUT2D eigenvalue weighted by Gasteiger charge is -2.34. The van der Waals surface area contributed by atoms with Crippen LogP contribution in [0.15, 0.2) is 261 Å². The van der Waals surface area contributed by atoms with Gasteiger partial charge in [0.05, 0.1) is 22.3 Å². The Morgan fingerprint density at radius 1 is 0.318 bits per heavy atom. The lowest BCUT2D eigenvalue weighted by Crippen LogP contribution is -2.28. The Hall–Kier alpha value is -8.66. The number of para-hydroxylation sites is 1. The van der Waals surface area contributed by atoms with Gasteiger partial charge in [0.1, 0.15) is 0 Å². The first-order valence-electron chi connectivity index (χ1n) is 22.6. The van der Waals surface area contributed by atoms with Gasteiger partial charge in [-0.05, 0) is 97.6 Å². The van der Waals surface area contributed by atoms with Gasteiger partial charge < -0.3 is 0 Å². The summed E-state index contributed by atoms with van der Waals surface area (Å²) in [4.78, 5) is 13.4. The summed E-state index contributed by atoms with van der Waals surface area (Å²) in [5, 5.41) is 0.990. The van der Waals surface area contributed by atoms with Gasteiger partial charge in [-0.2, -0.15) is 0 Å². The molecule has 0 saturated heterocycles. The lowest BCUT2D eigenvalue weighted by molar-refractivity contribution is 0.768. The largest absolute Gasteiger partial charge is 0.279 e. The van der Waals surface area contributed by atoms with Gasteiger partial charge in [0, 0.05) is 22.2 Å². The first kappa shape index (κ1) is 39.0. The van der Waals surface area contributed by atoms with E-state index < -0.39 is 5.41 Å². The van der Waals surface area contributed by atoms with Crippen molar-refractivity contribution in [3.8, 4) is 55.8 Å². The second kappa shape index (κ2) is 16.5. The van der Waals surface area contributed by atoms with E-state index in [0.29, 0.717) is 5.95 Å². The molecule has 0 bridgehead atoms. The van der Waals surface area contributed by atoms with Crippen LogP contribution in [-0.4, -0.2) is 9.97 Å². The summed E-state index contributed by atoms with van der Waals surface area (Å²) >= 11 is 0. The topological polar surface area (TPSA) is 29.0 Å². The molecule has 0 fully saturated rings. The molecule has 1 heterocycles. The van der Waals surface area contributed by atoms with Crippen LogP contribution < -0.4 is 4.90 Å². The predicted octanol–water partition coefficient (Wildman–Crippen LogP) is 16.1. The summed E-state index contributed by atoms with van der Waals surface area (Å²) < 4.78 is 0. The Morgan fingerprint density at radius 2 is 0.818 bits per heavy atom. The van der Waals surface area contributed by atoms with Crippen molar-refractivity contribution in [3.63, 3.8) is 0 Å². The minimum atomic E-state index is -0.548. The molecule has 1 aliphatic carbocycles. The summed E-state index contributed by atoms with van der Waals surface area (Å²) in [5.74, 6) is 0.585. The molecule has 0 amide bonds. The minimum Gasteiger partial charge on any atom is -0.279 e. The Kier molecular flexibility index (Phi) is 9.73. The third kappa shape index (κ3) is 6.60. The maximum atomic E-state index is 5.70. The Morgan fingerprint density at radius 3 is 1.48 bits per heavy atom. The zero-order valence-electron chi connectivity index (χ0n) is 36.2. The average molecular weight is 842 g/mol. The molecular formula is C63H43N3. The van der Waals surface area contributed by atoms with Crippen molar-refractivity contribution >= 4 is 28.2 Å². The van der Waals surface area contributed by atoms with Crippen molar-refractivity contribution in [2.24, 2.45) is 0 Å². The maximum Gasteiger partial charge on any atom is 0.235 e. The van der Waals surface area contributed by atoms with E-state index >= 15 is 0 Å². The molecule has 0 atom stereocenters. The van der Waals surface area contributed by atoms with E-state index in [2.05, 4.69) is 266 Å². The summed E-state index contributed by atoms with van der Waals surface area (Å²) in [6, 6.07) is 93.6. The van der Waals surface area contributed by atoms with Gasteiger partial charge in [-0.15, -0.1) is 0 Å². The quantitative estimate of drug-likeness (QED) is 0.145. The Balaban J connectivity index is 1.11. The van der Waals surface area contributed by atoms with Crippen molar-refractivity contribution in [2.75, 3.05) is 4.90 Å². The first-order valence-corrected chi connectivity index (χ1v) is 22.6. The molecule has 12 rings (SSSR count). The molecule has 66 heavy (non-hydrogen) atoms. The van der Waals surface area contributed by atoms with Crippen molar-refractivity contribution in [3.05, 3.63) is 283 Å². The molecule has 0 spiro atoms. The van der Waals surface area contributed by atoms with Crippen LogP contribution >= 0.6 is 0 Å². The summed E-state index contributed by atoms with van der Waals surface area (Å²) in [5.41, 5.74) is 18.4. The minimum absolute atomic E-state index is 0.548. The standard InChI is InChI=1S/C63H43N3/c1-6-20-44(21-7-1)46-34-38-52(39-35-46)66(60-41-37-48(45-22-8-2-9-23-45)42-56(60)47-24-10-3-11-25-47)62-64-59-33-19-17-31-55(59)61(65-62)49-36-40-54-53-30-16-18-32-57(53)63(58(54)43-49,50-26-12-4-13-27-50)51-28-14-5-15-29-51/h1-43H. The van der Waals surface area contributed by atoms with Crippen LogP contribution in [-0.2, 0) is 5.41 Å². The summed E-state index contributed by atoms with van der Waals surface area (Å²) in [7, 11) is 0. The molecule has 0 radical (unpaired) electrons. The average Bonchev–Trinajstić information content (AvgIpc) is 3.70. The third-order valence-corrected chi connectivity index (χ3v) is 13.2. The smallest absolute Gasteiger partial charge is 0.235 e. The summed E-state index contributed by atoms with van der Waals surface area (Å²) in [6.45, 7) is 0. The fraction of sp³-hybridized carbons (Fsp3) is 0.0159. The monoisotopic (exact) mass is 841 g/mol. The van der Waals surface area contributed by atoms with Gasteiger partial charge in [0.2, 0.25) is 5.95 Å². The normalized spacial score (nSPS) is 12.4. The van der Waals surface area contributed by atoms with E-state index in [1.807, 2.05) is 0 Å². The van der Waals surface area contributed by atoms with Crippen molar-refractivity contribution in [1.82, 2.24) is 9.97 Å². The van der Waals surface area contributed by atoms with E-state index in [1.165, 1.54) is 33.4 Å². The SMILES string of the molecule is c1ccc(-c2ccc(N(c3nc(-c4ccc5c(c4)C(c4ccccc4)(c4ccccc4)c4ccccc4-5)c4ccccc4n3)c3ccc(-c4ccccc4)cc3-c3ccccc3)cc2)cc1. The van der Waals surface area contributed by atoms with Crippen LogP contribution in [0.3, 0.4) is 0 Å². The molecular weight excluding hydrogens is 799 g/mol. The predicted molar refractivity (Wildman–Crippen MR) is 273 cm³/mol. The van der Waals surface area contributed by atoms with Gasteiger partial charge >= 0.3 is 0 Å². The molecule has 0 aliphatic heterocycles. The zero-order valence-corrected chi connectivity index (χ0v) is 36.2. The number of rotatable bonds is 9. The van der Waals surface area contributed by atoms with Crippen LogP contribution in [0.25, 0.3) is 66.7 Å². The van der Waals surface area contributed by atoms with E-state index in [1.54, 1.807) is 0 Å². The van der Waals surface area contributed by atoms with Crippen LogP contribution in [0.2, 0.25) is 0 Å². The van der Waals surface area contributed by atoms with Crippen LogP contribution in [0, 0.1) is 0 Å². The second-order valence-corrected chi connectivity index (χ2v) is 16.9. The van der Waals surface area contributed by atoms with Gasteiger partial charge in [0.15, 0.2) is 0 Å². The van der Waals surface area contributed by atoms with E-state index in [4.69, 9.17) is 9.97 Å². The highest BCUT2D eigenvalue weighted by Gasteiger charge is 2.46. The highest BCUT2D eigenvalue weighted by molar-refractivity contribution is 5.97. The van der Waals surface area contributed by atoms with Crippen molar-refractivity contribution in [2.45, 2.75) is 5.41 Å². The fourth-order valence-electron chi connectivity index (χ4n) is 10.2. The van der Waals surface area contributed by atoms with Crippen molar-refractivity contribution < 1.29 is 0 Å². The molecule has 11 aromatic rings. The number of hydrogen-bond donors (Lipinski definition) is 0. The van der Waals surface area contributed by atoms with E-state index in [-0.39, 0.29) is 0 Å². The van der Waals surface area contributed by atoms with Gasteiger partial charge in [-0.1, -0.05) is 224 Å². The Labute approximate surface area is 385 Å². The molecule has 0 unspecified atom stereocenters. The number of fused-ring (bicyclic) bond motifs is 4. The second-order valence-electron chi connectivity index (χ2n) is 16.9. The van der Waals surface area contributed by atoms with E-state index in [9.17, 15) is 0 Å². The number of aromatic nitrogens is 2. The zero-order chi connectivity index (χ0) is 43.9. The van der Waals surface area contributed by atoms with E-state index in [0.717, 1.165) is 66.9 Å². The molecule has 0 N–H and O–H groups in total. The maximum absolute atomic E-state index is 5.70. The molecule has 310 valence electrons. The number of benzene rings is 10. The van der Waals surface area contributed by atoms with Gasteiger partial charge in [0.25, 0.3) is 0 Å². The molecule has 1 aliphatic rings. The number of anilines is 3. The molecule has 3 heteroatoms. The van der Waals surface area contributed by atoms with Crippen molar-refractivity contribution in [1.29, 1.82) is 0 Å². The highest BCUT2D eigenvalue weighted by atomic mass is 15.3.